The second-order valence-electron chi connectivity index (χ2n) is 10.1. The topological polar surface area (TPSA) is 0 Å². The molecule has 3 fully saturated rings. The van der Waals surface area contributed by atoms with Crippen molar-refractivity contribution >= 4 is 0 Å². The van der Waals surface area contributed by atoms with Crippen LogP contribution in [0.15, 0.2) is 18.2 Å². The Hall–Kier alpha value is -1.06. The van der Waals surface area contributed by atoms with Crippen molar-refractivity contribution in [1.82, 2.24) is 0 Å². The van der Waals surface area contributed by atoms with Crippen LogP contribution >= 0.6 is 0 Å². The zero-order chi connectivity index (χ0) is 20.5. The molecule has 4 rings (SSSR count). The molecule has 162 valence electrons. The highest BCUT2D eigenvalue weighted by Crippen LogP contribution is 2.45. The minimum Gasteiger partial charge on any atom is -0.244 e. The first-order valence-electron chi connectivity index (χ1n) is 11.6. The molecular weight excluding hydrogens is 376 g/mol. The molecule has 0 N–H and O–H groups in total. The molecule has 2 unspecified atom stereocenters. The van der Waals surface area contributed by atoms with Gasteiger partial charge in [-0.1, -0.05) is 31.9 Å². The minimum atomic E-state index is -2.07. The summed E-state index contributed by atoms with van der Waals surface area (Å²) in [6, 6.07) is 5.21. The number of halogens is 4. The van der Waals surface area contributed by atoms with Crippen LogP contribution in [0.25, 0.3) is 0 Å². The number of alkyl halides is 3. The Balaban J connectivity index is 1.36. The van der Waals surface area contributed by atoms with Crippen LogP contribution in [0.1, 0.15) is 94.1 Å². The van der Waals surface area contributed by atoms with Crippen molar-refractivity contribution in [3.05, 3.63) is 35.1 Å². The Labute approximate surface area is 172 Å². The average Bonchev–Trinajstić information content (AvgIpc) is 2.72. The molecule has 0 saturated heterocycles. The van der Waals surface area contributed by atoms with Crippen LogP contribution in [0, 0.1) is 23.6 Å². The quantitative estimate of drug-likeness (QED) is 0.446. The van der Waals surface area contributed by atoms with Crippen molar-refractivity contribution in [1.29, 1.82) is 0 Å². The maximum Gasteiger partial charge on any atom is 0.162 e. The maximum absolute atomic E-state index is 14.8. The second-order valence-corrected chi connectivity index (χ2v) is 10.1. The van der Waals surface area contributed by atoms with E-state index in [4.69, 9.17) is 0 Å². The SMILES string of the molecule is CC1CCC(C2CCC(c3ccc(C4CC(F)C(F)C(F)C4)c(F)c3)CC2)CC1. The van der Waals surface area contributed by atoms with Crippen LogP contribution in [0.4, 0.5) is 17.6 Å². The number of rotatable bonds is 3. The third kappa shape index (κ3) is 4.66. The van der Waals surface area contributed by atoms with E-state index in [2.05, 4.69) is 6.92 Å². The number of hydrogen-bond acceptors (Lipinski definition) is 0. The Bertz CT molecular complexity index is 661. The molecule has 3 aliphatic rings. The van der Waals surface area contributed by atoms with Crippen LogP contribution in [0.3, 0.4) is 0 Å². The molecule has 4 heteroatoms. The van der Waals surface area contributed by atoms with Crippen LogP contribution in [0.2, 0.25) is 0 Å². The molecule has 0 amide bonds. The fourth-order valence-electron chi connectivity index (χ4n) is 6.19. The van der Waals surface area contributed by atoms with Gasteiger partial charge >= 0.3 is 0 Å². The van der Waals surface area contributed by atoms with E-state index in [0.717, 1.165) is 36.2 Å². The molecule has 1 aromatic carbocycles. The van der Waals surface area contributed by atoms with E-state index in [-0.39, 0.29) is 18.7 Å². The van der Waals surface area contributed by atoms with Crippen molar-refractivity contribution in [2.75, 3.05) is 0 Å². The van der Waals surface area contributed by atoms with Crippen molar-refractivity contribution < 1.29 is 17.6 Å². The third-order valence-corrected chi connectivity index (χ3v) is 8.15. The minimum absolute atomic E-state index is 0.136. The summed E-state index contributed by atoms with van der Waals surface area (Å²) in [5.74, 6) is 1.99. The Morgan fingerprint density at radius 1 is 0.724 bits per heavy atom. The van der Waals surface area contributed by atoms with E-state index in [9.17, 15) is 17.6 Å². The van der Waals surface area contributed by atoms with Gasteiger partial charge in [0.1, 0.15) is 18.2 Å². The fourth-order valence-corrected chi connectivity index (χ4v) is 6.19. The summed E-state index contributed by atoms with van der Waals surface area (Å²) in [6.07, 6.45) is 4.06. The molecule has 0 aliphatic heterocycles. The van der Waals surface area contributed by atoms with Crippen molar-refractivity contribution in [3.8, 4) is 0 Å². The molecule has 3 saturated carbocycles. The summed E-state index contributed by atoms with van der Waals surface area (Å²) in [4.78, 5) is 0. The lowest BCUT2D eigenvalue weighted by molar-refractivity contribution is 0.0334. The van der Waals surface area contributed by atoms with Gasteiger partial charge in [0.2, 0.25) is 0 Å². The zero-order valence-electron chi connectivity index (χ0n) is 17.4. The molecule has 0 heterocycles. The van der Waals surface area contributed by atoms with Gasteiger partial charge in [-0.25, -0.2) is 17.6 Å². The number of hydrogen-bond donors (Lipinski definition) is 0. The smallest absolute Gasteiger partial charge is 0.162 e. The van der Waals surface area contributed by atoms with E-state index in [1.54, 1.807) is 12.1 Å². The summed E-state index contributed by atoms with van der Waals surface area (Å²) in [7, 11) is 0. The van der Waals surface area contributed by atoms with Crippen molar-refractivity contribution in [2.24, 2.45) is 17.8 Å². The van der Waals surface area contributed by atoms with Gasteiger partial charge in [0.25, 0.3) is 0 Å². The largest absolute Gasteiger partial charge is 0.244 e. The van der Waals surface area contributed by atoms with Gasteiger partial charge in [0.05, 0.1) is 0 Å². The molecular formula is C25H34F4. The number of benzene rings is 1. The standard InChI is InChI=1S/C25H34F4/c1-15-2-4-16(5-3-15)17-6-8-18(9-7-17)19-10-11-21(22(26)12-19)20-13-23(27)25(29)24(28)14-20/h10-12,15-18,20,23-25H,2-9,13-14H2,1H3. The van der Waals surface area contributed by atoms with E-state index >= 15 is 0 Å². The molecule has 29 heavy (non-hydrogen) atoms. The summed E-state index contributed by atoms with van der Waals surface area (Å²) >= 11 is 0. The van der Waals surface area contributed by atoms with Crippen LogP contribution in [-0.4, -0.2) is 18.5 Å². The highest BCUT2D eigenvalue weighted by atomic mass is 19.2. The van der Waals surface area contributed by atoms with Gasteiger partial charge in [0, 0.05) is 0 Å². The predicted octanol–water partition coefficient (Wildman–Crippen LogP) is 7.82. The zero-order valence-corrected chi connectivity index (χ0v) is 17.4. The molecule has 1 aromatic rings. The van der Waals surface area contributed by atoms with Gasteiger partial charge < -0.3 is 0 Å². The summed E-state index contributed by atoms with van der Waals surface area (Å²) in [6.45, 7) is 2.36. The van der Waals surface area contributed by atoms with E-state index in [1.807, 2.05) is 6.07 Å². The normalized spacial score (nSPS) is 41.3. The first-order chi connectivity index (χ1) is 13.9. The third-order valence-electron chi connectivity index (χ3n) is 8.15. The molecule has 0 aromatic heterocycles. The van der Waals surface area contributed by atoms with E-state index < -0.39 is 24.4 Å². The predicted molar refractivity (Wildman–Crippen MR) is 109 cm³/mol. The second kappa shape index (κ2) is 8.98. The van der Waals surface area contributed by atoms with Gasteiger partial charge in [-0.05, 0) is 98.1 Å². The van der Waals surface area contributed by atoms with E-state index in [0.29, 0.717) is 11.5 Å². The molecule has 3 aliphatic carbocycles. The van der Waals surface area contributed by atoms with Crippen LogP contribution in [-0.2, 0) is 0 Å². The average molecular weight is 411 g/mol. The van der Waals surface area contributed by atoms with Gasteiger partial charge in [0.15, 0.2) is 6.17 Å². The maximum atomic E-state index is 14.8. The monoisotopic (exact) mass is 410 g/mol. The molecule has 0 spiro atoms. The van der Waals surface area contributed by atoms with Gasteiger partial charge in [-0.3, -0.25) is 0 Å². The van der Waals surface area contributed by atoms with Crippen molar-refractivity contribution in [2.45, 2.75) is 101 Å². The highest BCUT2D eigenvalue weighted by molar-refractivity contribution is 5.30. The Morgan fingerprint density at radius 3 is 1.83 bits per heavy atom. The molecule has 0 nitrogen and oxygen atoms in total. The Kier molecular flexibility index (Phi) is 6.56. The highest BCUT2D eigenvalue weighted by Gasteiger charge is 2.40. The lowest BCUT2D eigenvalue weighted by Crippen LogP contribution is -2.36. The Morgan fingerprint density at radius 2 is 1.28 bits per heavy atom. The van der Waals surface area contributed by atoms with Gasteiger partial charge in [-0.15, -0.1) is 0 Å². The first-order valence-corrected chi connectivity index (χ1v) is 11.6. The summed E-state index contributed by atoms with van der Waals surface area (Å²) in [5.41, 5.74) is 1.35. The van der Waals surface area contributed by atoms with Crippen LogP contribution in [0.5, 0.6) is 0 Å². The van der Waals surface area contributed by atoms with Crippen LogP contribution < -0.4 is 0 Å². The van der Waals surface area contributed by atoms with Gasteiger partial charge in [-0.2, -0.15) is 0 Å². The lowest BCUT2D eigenvalue weighted by atomic mass is 9.68. The molecule has 0 bridgehead atoms. The fraction of sp³-hybridized carbons (Fsp3) is 0.760. The van der Waals surface area contributed by atoms with Crippen molar-refractivity contribution in [3.63, 3.8) is 0 Å². The lowest BCUT2D eigenvalue weighted by Gasteiger charge is -2.37. The summed E-state index contributed by atoms with van der Waals surface area (Å²) < 4.78 is 55.7. The summed E-state index contributed by atoms with van der Waals surface area (Å²) in [5, 5.41) is 0. The molecule has 2 atom stereocenters. The first kappa shape index (κ1) is 21.2. The van der Waals surface area contributed by atoms with E-state index in [1.165, 1.54) is 38.5 Å². The molecule has 0 radical (unpaired) electrons.